The fourth-order valence-corrected chi connectivity index (χ4v) is 11.9. The highest BCUT2D eigenvalue weighted by Gasteiger charge is 2.40. The molecule has 4 aliphatic carbocycles. The van der Waals surface area contributed by atoms with Crippen LogP contribution in [-0.4, -0.2) is 21.1 Å². The standard InChI is InChI=1S/C28H47N2P/c1-30-27(23-16-8-3-9-17-23)28(26(29-30)22-14-6-2-7-15-22)31(24-18-10-4-11-19-24)25-20-12-5-13-21-25/h22-25H,2-21H2,1H3. The van der Waals surface area contributed by atoms with E-state index in [2.05, 4.69) is 11.7 Å². The lowest BCUT2D eigenvalue weighted by atomic mass is 9.84. The summed E-state index contributed by atoms with van der Waals surface area (Å²) in [5, 5.41) is 7.37. The third-order valence-electron chi connectivity index (χ3n) is 9.27. The van der Waals surface area contributed by atoms with E-state index in [1.807, 2.05) is 5.30 Å². The summed E-state index contributed by atoms with van der Waals surface area (Å²) in [4.78, 5) is 0. The molecule has 31 heavy (non-hydrogen) atoms. The van der Waals surface area contributed by atoms with Gasteiger partial charge in [0, 0.05) is 29.9 Å². The van der Waals surface area contributed by atoms with Gasteiger partial charge in [-0.15, -0.1) is 0 Å². The Labute approximate surface area is 193 Å². The molecule has 0 atom stereocenters. The lowest BCUT2D eigenvalue weighted by Gasteiger charge is -2.40. The molecule has 4 aliphatic rings. The highest BCUT2D eigenvalue weighted by Crippen LogP contribution is 2.57. The molecule has 0 unspecified atom stereocenters. The van der Waals surface area contributed by atoms with Gasteiger partial charge in [-0.1, -0.05) is 85.0 Å². The van der Waals surface area contributed by atoms with Crippen LogP contribution in [0.4, 0.5) is 0 Å². The average molecular weight is 443 g/mol. The minimum Gasteiger partial charge on any atom is -0.271 e. The van der Waals surface area contributed by atoms with Crippen LogP contribution in [0, 0.1) is 0 Å². The van der Waals surface area contributed by atoms with Crippen LogP contribution in [0.5, 0.6) is 0 Å². The number of aromatic nitrogens is 2. The molecule has 4 saturated carbocycles. The van der Waals surface area contributed by atoms with Crippen LogP contribution in [-0.2, 0) is 7.05 Å². The molecule has 0 amide bonds. The van der Waals surface area contributed by atoms with E-state index in [1.165, 1.54) is 128 Å². The van der Waals surface area contributed by atoms with Crippen molar-refractivity contribution in [1.82, 2.24) is 9.78 Å². The van der Waals surface area contributed by atoms with Gasteiger partial charge >= 0.3 is 0 Å². The Kier molecular flexibility index (Phi) is 7.75. The van der Waals surface area contributed by atoms with E-state index in [0.29, 0.717) is 0 Å². The molecular weight excluding hydrogens is 395 g/mol. The van der Waals surface area contributed by atoms with Crippen molar-refractivity contribution in [3.63, 3.8) is 0 Å². The molecule has 174 valence electrons. The summed E-state index contributed by atoms with van der Waals surface area (Å²) in [5.41, 5.74) is 5.38. The number of nitrogens with zero attached hydrogens (tertiary/aromatic N) is 2. The van der Waals surface area contributed by atoms with Crippen LogP contribution in [0.25, 0.3) is 0 Å². The Morgan fingerprint density at radius 2 is 1.00 bits per heavy atom. The van der Waals surface area contributed by atoms with E-state index >= 15 is 0 Å². The molecule has 0 radical (unpaired) electrons. The van der Waals surface area contributed by atoms with E-state index in [9.17, 15) is 0 Å². The number of rotatable bonds is 5. The van der Waals surface area contributed by atoms with E-state index in [-0.39, 0.29) is 7.92 Å². The Morgan fingerprint density at radius 1 is 0.581 bits per heavy atom. The summed E-state index contributed by atoms with van der Waals surface area (Å²) in [7, 11) is 2.28. The first-order valence-corrected chi connectivity index (χ1v) is 15.7. The minimum absolute atomic E-state index is 0.0458. The summed E-state index contributed by atoms with van der Waals surface area (Å²) < 4.78 is 2.44. The molecular formula is C28H47N2P. The Morgan fingerprint density at radius 3 is 1.48 bits per heavy atom. The molecule has 1 aromatic rings. The molecule has 0 aromatic carbocycles. The normalized spacial score (nSPS) is 26.0. The predicted molar refractivity (Wildman–Crippen MR) is 135 cm³/mol. The van der Waals surface area contributed by atoms with Crippen LogP contribution in [0.1, 0.15) is 152 Å². The fourth-order valence-electron chi connectivity index (χ4n) is 7.68. The molecule has 1 aromatic heterocycles. The molecule has 0 N–H and O–H groups in total. The van der Waals surface area contributed by atoms with Crippen molar-refractivity contribution in [2.24, 2.45) is 7.05 Å². The molecule has 0 bridgehead atoms. The van der Waals surface area contributed by atoms with E-state index < -0.39 is 0 Å². The van der Waals surface area contributed by atoms with Crippen molar-refractivity contribution in [2.45, 2.75) is 152 Å². The van der Waals surface area contributed by atoms with Gasteiger partial charge in [0.05, 0.1) is 5.69 Å². The third kappa shape index (κ3) is 4.95. The van der Waals surface area contributed by atoms with Gasteiger partial charge in [0.25, 0.3) is 0 Å². The van der Waals surface area contributed by atoms with Gasteiger partial charge in [-0.05, 0) is 62.7 Å². The molecule has 4 fully saturated rings. The smallest absolute Gasteiger partial charge is 0.0735 e. The number of hydrogen-bond donors (Lipinski definition) is 0. The van der Waals surface area contributed by atoms with E-state index in [1.54, 1.807) is 11.4 Å². The zero-order valence-corrected chi connectivity index (χ0v) is 21.2. The lowest BCUT2D eigenvalue weighted by molar-refractivity contribution is 0.422. The van der Waals surface area contributed by atoms with E-state index in [0.717, 1.165) is 23.2 Å². The number of hydrogen-bond acceptors (Lipinski definition) is 1. The predicted octanol–water partition coefficient (Wildman–Crippen LogP) is 8.29. The maximum Gasteiger partial charge on any atom is 0.0735 e. The summed E-state index contributed by atoms with van der Waals surface area (Å²) in [6.07, 6.45) is 29.4. The van der Waals surface area contributed by atoms with Gasteiger partial charge in [-0.2, -0.15) is 5.10 Å². The van der Waals surface area contributed by atoms with Crippen LogP contribution in [0.2, 0.25) is 0 Å². The third-order valence-corrected chi connectivity index (χ3v) is 12.9. The second-order valence-corrected chi connectivity index (χ2v) is 14.1. The molecule has 0 aliphatic heterocycles. The number of aryl methyl sites for hydroxylation is 1. The fraction of sp³-hybridized carbons (Fsp3) is 0.893. The van der Waals surface area contributed by atoms with Crippen LogP contribution >= 0.6 is 7.92 Å². The van der Waals surface area contributed by atoms with Crippen LogP contribution in [0.3, 0.4) is 0 Å². The van der Waals surface area contributed by atoms with Crippen molar-refractivity contribution >= 4 is 13.2 Å². The first-order valence-electron chi connectivity index (χ1n) is 14.2. The summed E-state index contributed by atoms with van der Waals surface area (Å²) in [6.45, 7) is 0. The minimum atomic E-state index is -0.0458. The summed E-state index contributed by atoms with van der Waals surface area (Å²) in [6, 6.07) is 0. The molecule has 0 saturated heterocycles. The molecule has 3 heteroatoms. The SMILES string of the molecule is Cn1nc(C2CCCCC2)c(P(C2CCCCC2)C2CCCCC2)c1C1CCCCC1. The largest absolute Gasteiger partial charge is 0.271 e. The van der Waals surface area contributed by atoms with Gasteiger partial charge in [0.15, 0.2) is 0 Å². The lowest BCUT2D eigenvalue weighted by Crippen LogP contribution is -2.31. The van der Waals surface area contributed by atoms with Gasteiger partial charge in [0.1, 0.15) is 0 Å². The maximum atomic E-state index is 5.45. The summed E-state index contributed by atoms with van der Waals surface area (Å²) >= 11 is 0. The van der Waals surface area contributed by atoms with Crippen molar-refractivity contribution < 1.29 is 0 Å². The van der Waals surface area contributed by atoms with Gasteiger partial charge in [0.2, 0.25) is 0 Å². The highest BCUT2D eigenvalue weighted by atomic mass is 31.1. The average Bonchev–Trinajstić information content (AvgIpc) is 3.18. The van der Waals surface area contributed by atoms with Crippen molar-refractivity contribution in [1.29, 1.82) is 0 Å². The molecule has 1 heterocycles. The highest BCUT2D eigenvalue weighted by molar-refractivity contribution is 7.67. The zero-order valence-electron chi connectivity index (χ0n) is 20.3. The first-order chi connectivity index (χ1) is 15.3. The quantitative estimate of drug-likeness (QED) is 0.419. The molecule has 2 nitrogen and oxygen atoms in total. The second-order valence-electron chi connectivity index (χ2n) is 11.4. The Bertz CT molecular complexity index is 668. The monoisotopic (exact) mass is 442 g/mol. The maximum absolute atomic E-state index is 5.45. The van der Waals surface area contributed by atoms with Gasteiger partial charge in [-0.3, -0.25) is 4.68 Å². The van der Waals surface area contributed by atoms with Crippen molar-refractivity contribution in [3.05, 3.63) is 11.4 Å². The van der Waals surface area contributed by atoms with Gasteiger partial charge in [-0.25, -0.2) is 0 Å². The molecule has 5 rings (SSSR count). The van der Waals surface area contributed by atoms with Crippen LogP contribution in [0.15, 0.2) is 0 Å². The van der Waals surface area contributed by atoms with Gasteiger partial charge < -0.3 is 0 Å². The topological polar surface area (TPSA) is 17.8 Å². The van der Waals surface area contributed by atoms with E-state index in [4.69, 9.17) is 5.10 Å². The second kappa shape index (κ2) is 10.7. The van der Waals surface area contributed by atoms with Crippen molar-refractivity contribution in [2.75, 3.05) is 0 Å². The first kappa shape index (κ1) is 22.4. The molecule has 0 spiro atoms. The van der Waals surface area contributed by atoms with Crippen molar-refractivity contribution in [3.8, 4) is 0 Å². The Balaban J connectivity index is 1.59. The Hall–Kier alpha value is -0.360. The van der Waals surface area contributed by atoms with Crippen LogP contribution < -0.4 is 5.30 Å². The summed E-state index contributed by atoms with van der Waals surface area (Å²) in [5.74, 6) is 1.57. The zero-order chi connectivity index (χ0) is 21.0.